The molecule has 158 valence electrons. The molecule has 3 rings (SSSR count). The van der Waals surface area contributed by atoms with E-state index in [0.717, 1.165) is 0 Å². The Morgan fingerprint density at radius 3 is 2.10 bits per heavy atom. The number of urea groups is 1. The molecule has 31 heavy (non-hydrogen) atoms. The second-order valence-corrected chi connectivity index (χ2v) is 7.23. The van der Waals surface area contributed by atoms with E-state index in [4.69, 9.17) is 39.5 Å². The van der Waals surface area contributed by atoms with Crippen LogP contribution >= 0.6 is 34.8 Å². The fourth-order valence-corrected chi connectivity index (χ4v) is 3.25. The number of rotatable bonds is 5. The molecule has 0 unspecified atom stereocenters. The van der Waals surface area contributed by atoms with Crippen LogP contribution in [0, 0.1) is 10.1 Å². The number of amides is 3. The molecule has 0 saturated carbocycles. The number of hydrogen-bond donors (Lipinski definition) is 2. The lowest BCUT2D eigenvalue weighted by Gasteiger charge is -2.12. The lowest BCUT2D eigenvalue weighted by atomic mass is 10.2. The molecule has 0 bridgehead atoms. The first kappa shape index (κ1) is 22.4. The first-order valence-electron chi connectivity index (χ1n) is 8.53. The van der Waals surface area contributed by atoms with Crippen molar-refractivity contribution in [2.75, 3.05) is 5.32 Å². The van der Waals surface area contributed by atoms with Gasteiger partial charge in [-0.25, -0.2) is 4.79 Å². The zero-order valence-electron chi connectivity index (χ0n) is 15.4. The van der Waals surface area contributed by atoms with Crippen LogP contribution in [0.4, 0.5) is 16.2 Å². The monoisotopic (exact) mass is 479 g/mol. The molecule has 3 aromatic rings. The van der Waals surface area contributed by atoms with Gasteiger partial charge < -0.3 is 10.1 Å². The normalized spacial score (nSPS) is 10.3. The number of carbonyl (C=O) groups excluding carboxylic acids is 2. The number of ether oxygens (including phenoxy) is 1. The predicted octanol–water partition coefficient (Wildman–Crippen LogP) is 6.31. The van der Waals surface area contributed by atoms with Gasteiger partial charge in [0.05, 0.1) is 25.6 Å². The first-order valence-corrected chi connectivity index (χ1v) is 9.66. The summed E-state index contributed by atoms with van der Waals surface area (Å²) in [5.41, 5.74) is 0.249. The summed E-state index contributed by atoms with van der Waals surface area (Å²) < 4.78 is 5.59. The van der Waals surface area contributed by atoms with Crippen molar-refractivity contribution in [1.82, 2.24) is 5.32 Å². The fraction of sp³-hybridized carbons (Fsp3) is 0. The highest BCUT2D eigenvalue weighted by molar-refractivity contribution is 6.38. The van der Waals surface area contributed by atoms with Crippen LogP contribution in [0.1, 0.15) is 10.4 Å². The summed E-state index contributed by atoms with van der Waals surface area (Å²) in [6.07, 6.45) is 0. The van der Waals surface area contributed by atoms with Crippen molar-refractivity contribution >= 4 is 58.1 Å². The van der Waals surface area contributed by atoms with Crippen molar-refractivity contribution in [3.05, 3.63) is 91.4 Å². The number of imide groups is 1. The Bertz CT molecular complexity index is 1150. The largest absolute Gasteiger partial charge is 0.454 e. The van der Waals surface area contributed by atoms with Gasteiger partial charge in [-0.15, -0.1) is 0 Å². The molecule has 0 atom stereocenters. The van der Waals surface area contributed by atoms with Crippen molar-refractivity contribution in [3.63, 3.8) is 0 Å². The minimum atomic E-state index is -0.818. The smallest absolute Gasteiger partial charge is 0.326 e. The average Bonchev–Trinajstić information content (AvgIpc) is 2.71. The molecule has 0 radical (unpaired) electrons. The summed E-state index contributed by atoms with van der Waals surface area (Å²) >= 11 is 18.3. The summed E-state index contributed by atoms with van der Waals surface area (Å²) in [5.74, 6) is -0.313. The molecule has 3 aromatic carbocycles. The molecule has 0 aliphatic carbocycles. The van der Waals surface area contributed by atoms with Crippen LogP contribution in [0.15, 0.2) is 60.7 Å². The Hall–Kier alpha value is -3.33. The van der Waals surface area contributed by atoms with E-state index in [1.54, 1.807) is 12.1 Å². The van der Waals surface area contributed by atoms with Gasteiger partial charge in [-0.05, 0) is 36.4 Å². The van der Waals surface area contributed by atoms with E-state index >= 15 is 0 Å². The zero-order valence-corrected chi connectivity index (χ0v) is 17.7. The number of non-ortho nitro benzene ring substituents is 1. The second kappa shape index (κ2) is 9.65. The number of nitro groups is 1. The third kappa shape index (κ3) is 5.64. The minimum Gasteiger partial charge on any atom is -0.454 e. The molecule has 8 nitrogen and oxygen atoms in total. The third-order valence-corrected chi connectivity index (χ3v) is 4.76. The van der Waals surface area contributed by atoms with Crippen molar-refractivity contribution in [2.45, 2.75) is 0 Å². The van der Waals surface area contributed by atoms with Gasteiger partial charge in [0.2, 0.25) is 0 Å². The molecule has 0 saturated heterocycles. The predicted molar refractivity (Wildman–Crippen MR) is 118 cm³/mol. The highest BCUT2D eigenvalue weighted by Crippen LogP contribution is 2.39. The average molecular weight is 481 g/mol. The maximum atomic E-state index is 12.2. The Morgan fingerprint density at radius 2 is 1.52 bits per heavy atom. The summed E-state index contributed by atoms with van der Waals surface area (Å²) in [6, 6.07) is 13.5. The summed E-state index contributed by atoms with van der Waals surface area (Å²) in [5, 5.41) is 15.6. The van der Waals surface area contributed by atoms with E-state index < -0.39 is 16.9 Å². The van der Waals surface area contributed by atoms with Crippen LogP contribution in [-0.2, 0) is 0 Å². The minimum absolute atomic E-state index is 0.0681. The Morgan fingerprint density at radius 1 is 0.903 bits per heavy atom. The topological polar surface area (TPSA) is 111 Å². The molecule has 0 aliphatic heterocycles. The van der Waals surface area contributed by atoms with Gasteiger partial charge in [0, 0.05) is 17.8 Å². The molecular weight excluding hydrogens is 469 g/mol. The SMILES string of the molecule is O=C(NC(=O)c1ccccc1Cl)Nc1cc(Cl)c(Oc2ccc([N+](=O)[O-])cc2)c(Cl)c1. The van der Waals surface area contributed by atoms with Gasteiger partial charge >= 0.3 is 6.03 Å². The lowest BCUT2D eigenvalue weighted by Crippen LogP contribution is -2.34. The number of nitrogens with one attached hydrogen (secondary N) is 2. The maximum Gasteiger partial charge on any atom is 0.326 e. The summed E-state index contributed by atoms with van der Waals surface area (Å²) in [6.45, 7) is 0. The number of anilines is 1. The maximum absolute atomic E-state index is 12.2. The standard InChI is InChI=1S/C20H12Cl3N3O5/c21-15-4-2-1-3-14(15)19(27)25-20(28)24-11-9-16(22)18(17(23)10-11)31-13-7-5-12(6-8-13)26(29)30/h1-10H,(H2,24,25,27,28). The van der Waals surface area contributed by atoms with E-state index in [0.29, 0.717) is 0 Å². The molecule has 0 aliphatic rings. The van der Waals surface area contributed by atoms with Crippen LogP contribution in [0.2, 0.25) is 15.1 Å². The number of carbonyl (C=O) groups is 2. The van der Waals surface area contributed by atoms with Gasteiger partial charge in [0.15, 0.2) is 5.75 Å². The van der Waals surface area contributed by atoms with Gasteiger partial charge in [0.25, 0.3) is 11.6 Å². The zero-order chi connectivity index (χ0) is 22.5. The second-order valence-electron chi connectivity index (χ2n) is 6.01. The van der Waals surface area contributed by atoms with Crippen LogP contribution in [0.5, 0.6) is 11.5 Å². The van der Waals surface area contributed by atoms with Crippen molar-refractivity contribution in [1.29, 1.82) is 0 Å². The van der Waals surface area contributed by atoms with Gasteiger partial charge in [-0.2, -0.15) is 0 Å². The Kier molecular flexibility index (Phi) is 6.96. The number of nitro benzene ring substituents is 1. The van der Waals surface area contributed by atoms with E-state index in [2.05, 4.69) is 10.6 Å². The van der Waals surface area contributed by atoms with E-state index in [-0.39, 0.29) is 43.5 Å². The molecule has 11 heteroatoms. The molecule has 0 heterocycles. The number of nitrogens with zero attached hydrogens (tertiary/aromatic N) is 1. The molecular formula is C20H12Cl3N3O5. The molecule has 0 spiro atoms. The third-order valence-electron chi connectivity index (χ3n) is 3.87. The van der Waals surface area contributed by atoms with Gasteiger partial charge in [-0.3, -0.25) is 20.2 Å². The van der Waals surface area contributed by atoms with Crippen LogP contribution < -0.4 is 15.4 Å². The number of benzene rings is 3. The van der Waals surface area contributed by atoms with E-state index in [1.807, 2.05) is 0 Å². The van der Waals surface area contributed by atoms with E-state index in [9.17, 15) is 19.7 Å². The quantitative estimate of drug-likeness (QED) is 0.328. The van der Waals surface area contributed by atoms with Crippen molar-refractivity contribution in [3.8, 4) is 11.5 Å². The highest BCUT2D eigenvalue weighted by atomic mass is 35.5. The first-order chi connectivity index (χ1) is 14.7. The van der Waals surface area contributed by atoms with E-state index in [1.165, 1.54) is 48.5 Å². The lowest BCUT2D eigenvalue weighted by molar-refractivity contribution is -0.384. The highest BCUT2D eigenvalue weighted by Gasteiger charge is 2.16. The summed E-state index contributed by atoms with van der Waals surface area (Å²) in [7, 11) is 0. The summed E-state index contributed by atoms with van der Waals surface area (Å²) in [4.78, 5) is 34.5. The van der Waals surface area contributed by atoms with Gasteiger partial charge in [-0.1, -0.05) is 46.9 Å². The van der Waals surface area contributed by atoms with Crippen molar-refractivity contribution in [2.24, 2.45) is 0 Å². The molecule has 3 amide bonds. The Labute approximate surface area is 190 Å². The number of halogens is 3. The Balaban J connectivity index is 1.69. The van der Waals surface area contributed by atoms with Crippen LogP contribution in [-0.4, -0.2) is 16.9 Å². The van der Waals surface area contributed by atoms with Crippen LogP contribution in [0.3, 0.4) is 0 Å². The molecule has 0 aromatic heterocycles. The van der Waals surface area contributed by atoms with Crippen molar-refractivity contribution < 1.29 is 19.2 Å². The van der Waals surface area contributed by atoms with Gasteiger partial charge in [0.1, 0.15) is 5.75 Å². The fourth-order valence-electron chi connectivity index (χ4n) is 2.46. The molecule has 2 N–H and O–H groups in total. The van der Waals surface area contributed by atoms with Crippen LogP contribution in [0.25, 0.3) is 0 Å². The molecule has 0 fully saturated rings. The number of hydrogen-bond acceptors (Lipinski definition) is 5.